The number of nitrogens with one attached hydrogen (secondary N) is 1. The maximum Gasteiger partial charge on any atom is 0.221 e. The molecule has 15 heavy (non-hydrogen) atoms. The van der Waals surface area contributed by atoms with Crippen LogP contribution < -0.4 is 11.1 Å². The SMILES string of the molecule is CC(C)CS(=O)(=O)CCC(=O)NCCN. The van der Waals surface area contributed by atoms with Gasteiger partial charge in [0.1, 0.15) is 0 Å². The van der Waals surface area contributed by atoms with E-state index >= 15 is 0 Å². The number of hydrogen-bond donors (Lipinski definition) is 2. The summed E-state index contributed by atoms with van der Waals surface area (Å²) in [5.41, 5.74) is 5.19. The molecule has 3 N–H and O–H groups in total. The Hall–Kier alpha value is -0.620. The zero-order valence-electron chi connectivity index (χ0n) is 9.32. The second kappa shape index (κ2) is 6.79. The summed E-state index contributed by atoms with van der Waals surface area (Å²) in [6.07, 6.45) is 0.0229. The summed E-state index contributed by atoms with van der Waals surface area (Å²) in [6.45, 7) is 4.44. The van der Waals surface area contributed by atoms with Crippen LogP contribution in [0.3, 0.4) is 0 Å². The molecule has 0 aliphatic rings. The first-order chi connectivity index (χ1) is 6.87. The van der Waals surface area contributed by atoms with Gasteiger partial charge in [-0.1, -0.05) is 13.8 Å². The van der Waals surface area contributed by atoms with Crippen LogP contribution >= 0.6 is 0 Å². The van der Waals surface area contributed by atoms with Crippen molar-refractivity contribution in [2.75, 3.05) is 24.6 Å². The molecule has 0 saturated carbocycles. The topological polar surface area (TPSA) is 89.3 Å². The lowest BCUT2D eigenvalue weighted by Crippen LogP contribution is -2.30. The number of carbonyl (C=O) groups excluding carboxylic acids is 1. The van der Waals surface area contributed by atoms with Crippen LogP contribution in [0.4, 0.5) is 0 Å². The van der Waals surface area contributed by atoms with Crippen LogP contribution in [-0.4, -0.2) is 38.9 Å². The highest BCUT2D eigenvalue weighted by atomic mass is 32.2. The number of hydrogen-bond acceptors (Lipinski definition) is 4. The number of carbonyl (C=O) groups is 1. The maximum atomic E-state index is 11.4. The van der Waals surface area contributed by atoms with Crippen LogP contribution in [0.2, 0.25) is 0 Å². The molecule has 0 aliphatic carbocycles. The van der Waals surface area contributed by atoms with Crippen molar-refractivity contribution in [3.05, 3.63) is 0 Å². The molecule has 5 nitrogen and oxygen atoms in total. The molecule has 0 atom stereocenters. The van der Waals surface area contributed by atoms with Crippen molar-refractivity contribution in [1.29, 1.82) is 0 Å². The van der Waals surface area contributed by atoms with E-state index in [4.69, 9.17) is 5.73 Å². The summed E-state index contributed by atoms with van der Waals surface area (Å²) in [4.78, 5) is 11.1. The minimum atomic E-state index is -3.09. The van der Waals surface area contributed by atoms with Gasteiger partial charge in [0.05, 0.1) is 11.5 Å². The molecule has 1 amide bonds. The van der Waals surface area contributed by atoms with Crippen LogP contribution in [0.1, 0.15) is 20.3 Å². The third-order valence-electron chi connectivity index (χ3n) is 1.69. The van der Waals surface area contributed by atoms with E-state index in [1.807, 2.05) is 13.8 Å². The Morgan fingerprint density at radius 2 is 2.00 bits per heavy atom. The van der Waals surface area contributed by atoms with E-state index in [2.05, 4.69) is 5.32 Å². The molecule has 0 aromatic rings. The molecule has 0 bridgehead atoms. The molecular formula is C9H20N2O3S. The van der Waals surface area contributed by atoms with Crippen LogP contribution in [-0.2, 0) is 14.6 Å². The molecule has 0 spiro atoms. The van der Waals surface area contributed by atoms with Crippen LogP contribution in [0.15, 0.2) is 0 Å². The van der Waals surface area contributed by atoms with Crippen LogP contribution in [0.25, 0.3) is 0 Å². The third kappa shape index (κ3) is 8.38. The zero-order chi connectivity index (χ0) is 11.9. The van der Waals surface area contributed by atoms with Crippen molar-refractivity contribution >= 4 is 15.7 Å². The molecule has 0 rings (SSSR count). The molecular weight excluding hydrogens is 216 g/mol. The van der Waals surface area contributed by atoms with Crippen LogP contribution in [0, 0.1) is 5.92 Å². The van der Waals surface area contributed by atoms with Crippen molar-refractivity contribution in [2.45, 2.75) is 20.3 Å². The molecule has 0 unspecified atom stereocenters. The molecule has 0 aromatic carbocycles. The number of nitrogens with two attached hydrogens (primary N) is 1. The van der Waals surface area contributed by atoms with E-state index in [-0.39, 0.29) is 29.8 Å². The fraction of sp³-hybridized carbons (Fsp3) is 0.889. The normalized spacial score (nSPS) is 11.7. The van der Waals surface area contributed by atoms with E-state index in [0.717, 1.165) is 0 Å². The van der Waals surface area contributed by atoms with Gasteiger partial charge in [-0.3, -0.25) is 4.79 Å². The highest BCUT2D eigenvalue weighted by Crippen LogP contribution is 2.02. The Morgan fingerprint density at radius 1 is 1.40 bits per heavy atom. The van der Waals surface area contributed by atoms with Gasteiger partial charge < -0.3 is 11.1 Å². The van der Waals surface area contributed by atoms with Gasteiger partial charge in [-0.25, -0.2) is 8.42 Å². The average Bonchev–Trinajstić information content (AvgIpc) is 2.09. The van der Waals surface area contributed by atoms with Crippen molar-refractivity contribution in [1.82, 2.24) is 5.32 Å². The second-order valence-corrected chi connectivity index (χ2v) is 6.13. The lowest BCUT2D eigenvalue weighted by Gasteiger charge is -2.07. The second-order valence-electron chi connectivity index (χ2n) is 3.90. The van der Waals surface area contributed by atoms with Gasteiger partial charge >= 0.3 is 0 Å². The van der Waals surface area contributed by atoms with E-state index in [0.29, 0.717) is 13.1 Å². The lowest BCUT2D eigenvalue weighted by molar-refractivity contribution is -0.120. The summed E-state index contributed by atoms with van der Waals surface area (Å²) in [5.74, 6) is -0.103. The Labute approximate surface area is 91.3 Å². The molecule has 0 fully saturated rings. The molecule has 0 saturated heterocycles. The largest absolute Gasteiger partial charge is 0.355 e. The highest BCUT2D eigenvalue weighted by Gasteiger charge is 2.14. The zero-order valence-corrected chi connectivity index (χ0v) is 10.1. The molecule has 0 aliphatic heterocycles. The predicted molar refractivity (Wildman–Crippen MR) is 60.2 cm³/mol. The Kier molecular flexibility index (Phi) is 6.51. The molecule has 6 heteroatoms. The Bertz CT molecular complexity index is 286. The molecule has 0 aromatic heterocycles. The third-order valence-corrected chi connectivity index (χ3v) is 3.69. The fourth-order valence-electron chi connectivity index (χ4n) is 1.14. The van der Waals surface area contributed by atoms with E-state index in [9.17, 15) is 13.2 Å². The van der Waals surface area contributed by atoms with Gasteiger partial charge in [-0.15, -0.1) is 0 Å². The van der Waals surface area contributed by atoms with Gasteiger partial charge in [0, 0.05) is 19.5 Å². The van der Waals surface area contributed by atoms with E-state index in [1.165, 1.54) is 0 Å². The number of sulfone groups is 1. The van der Waals surface area contributed by atoms with Gasteiger partial charge in [0.2, 0.25) is 5.91 Å². The van der Waals surface area contributed by atoms with E-state index in [1.54, 1.807) is 0 Å². The molecule has 0 heterocycles. The molecule has 0 radical (unpaired) electrons. The summed E-state index contributed by atoms with van der Waals surface area (Å²) in [6, 6.07) is 0. The smallest absolute Gasteiger partial charge is 0.221 e. The first kappa shape index (κ1) is 14.4. The van der Waals surface area contributed by atoms with Crippen molar-refractivity contribution in [3.63, 3.8) is 0 Å². The standard InChI is InChI=1S/C9H20N2O3S/c1-8(2)7-15(13,14)6-3-9(12)11-5-4-10/h8H,3-7,10H2,1-2H3,(H,11,12). The number of amides is 1. The Balaban J connectivity index is 3.88. The van der Waals surface area contributed by atoms with Crippen LogP contribution in [0.5, 0.6) is 0 Å². The predicted octanol–water partition coefficient (Wildman–Crippen LogP) is -0.478. The first-order valence-electron chi connectivity index (χ1n) is 5.04. The van der Waals surface area contributed by atoms with Gasteiger partial charge in [-0.2, -0.15) is 0 Å². The lowest BCUT2D eigenvalue weighted by atomic mass is 10.3. The van der Waals surface area contributed by atoms with Crippen molar-refractivity contribution < 1.29 is 13.2 Å². The fourth-order valence-corrected chi connectivity index (χ4v) is 2.82. The monoisotopic (exact) mass is 236 g/mol. The summed E-state index contributed by atoms with van der Waals surface area (Å²) >= 11 is 0. The van der Waals surface area contributed by atoms with Gasteiger partial charge in [0.25, 0.3) is 0 Å². The quantitative estimate of drug-likeness (QED) is 0.625. The average molecular weight is 236 g/mol. The minimum absolute atomic E-state index is 0.0229. The Morgan fingerprint density at radius 3 is 2.47 bits per heavy atom. The maximum absolute atomic E-state index is 11.4. The number of rotatable bonds is 7. The molecule has 90 valence electrons. The van der Waals surface area contributed by atoms with Gasteiger partial charge in [-0.05, 0) is 5.92 Å². The van der Waals surface area contributed by atoms with Crippen molar-refractivity contribution in [3.8, 4) is 0 Å². The summed E-state index contributed by atoms with van der Waals surface area (Å²) < 4.78 is 22.8. The first-order valence-corrected chi connectivity index (χ1v) is 6.86. The minimum Gasteiger partial charge on any atom is -0.355 e. The van der Waals surface area contributed by atoms with Gasteiger partial charge in [0.15, 0.2) is 9.84 Å². The van der Waals surface area contributed by atoms with Crippen molar-refractivity contribution in [2.24, 2.45) is 11.7 Å². The highest BCUT2D eigenvalue weighted by molar-refractivity contribution is 7.91. The summed E-state index contributed by atoms with van der Waals surface area (Å²) in [5, 5.41) is 2.53. The summed E-state index contributed by atoms with van der Waals surface area (Å²) in [7, 11) is -3.09. The van der Waals surface area contributed by atoms with E-state index < -0.39 is 9.84 Å².